The minimum atomic E-state index is -0.514. The lowest BCUT2D eigenvalue weighted by Crippen LogP contribution is -2.28. The standard InChI is InChI=1S/C24H21ClFN3O2/c25-19-15-17(26)9-10-18(19)24(31)27-13-11-23(30)28-20-6-2-4-8-22(20)29-14-12-16-5-1-3-7-21(16)29/h1-10,15H,11-14H2,(H,27,31)(H,28,30). The molecule has 1 heterocycles. The summed E-state index contributed by atoms with van der Waals surface area (Å²) in [6.07, 6.45) is 1.05. The van der Waals surface area contributed by atoms with E-state index < -0.39 is 11.7 Å². The van der Waals surface area contributed by atoms with Crippen LogP contribution < -0.4 is 15.5 Å². The smallest absolute Gasteiger partial charge is 0.252 e. The lowest BCUT2D eigenvalue weighted by Gasteiger charge is -2.23. The maximum Gasteiger partial charge on any atom is 0.252 e. The zero-order valence-corrected chi connectivity index (χ0v) is 17.5. The molecule has 0 bridgehead atoms. The maximum absolute atomic E-state index is 13.1. The molecule has 0 atom stereocenters. The predicted molar refractivity (Wildman–Crippen MR) is 121 cm³/mol. The fraction of sp³-hybridized carbons (Fsp3) is 0.167. The highest BCUT2D eigenvalue weighted by molar-refractivity contribution is 6.33. The average Bonchev–Trinajstić information content (AvgIpc) is 3.18. The number of amides is 2. The van der Waals surface area contributed by atoms with Gasteiger partial charge < -0.3 is 15.5 Å². The number of carbonyl (C=O) groups excluding carboxylic acids is 2. The Balaban J connectivity index is 1.37. The van der Waals surface area contributed by atoms with Gasteiger partial charge in [0.15, 0.2) is 0 Å². The second-order valence-corrected chi connectivity index (χ2v) is 7.63. The lowest BCUT2D eigenvalue weighted by atomic mass is 10.1. The van der Waals surface area contributed by atoms with Crippen molar-refractivity contribution in [2.75, 3.05) is 23.3 Å². The van der Waals surface area contributed by atoms with Crippen LogP contribution in [-0.2, 0) is 11.2 Å². The van der Waals surface area contributed by atoms with Gasteiger partial charge in [-0.15, -0.1) is 0 Å². The highest BCUT2D eigenvalue weighted by Gasteiger charge is 2.22. The Labute approximate surface area is 184 Å². The molecule has 7 heteroatoms. The van der Waals surface area contributed by atoms with E-state index in [0.717, 1.165) is 36.1 Å². The Hall–Kier alpha value is -3.38. The van der Waals surface area contributed by atoms with E-state index in [4.69, 9.17) is 11.6 Å². The fourth-order valence-electron chi connectivity index (χ4n) is 3.67. The first-order valence-electron chi connectivity index (χ1n) is 10.0. The van der Waals surface area contributed by atoms with Gasteiger partial charge in [0, 0.05) is 25.2 Å². The van der Waals surface area contributed by atoms with Gasteiger partial charge in [-0.2, -0.15) is 0 Å². The van der Waals surface area contributed by atoms with Crippen molar-refractivity contribution in [3.63, 3.8) is 0 Å². The summed E-state index contributed by atoms with van der Waals surface area (Å²) >= 11 is 5.90. The van der Waals surface area contributed by atoms with Crippen LogP contribution in [0.2, 0.25) is 5.02 Å². The normalized spacial score (nSPS) is 12.4. The van der Waals surface area contributed by atoms with Crippen LogP contribution in [0.25, 0.3) is 0 Å². The molecule has 2 amide bonds. The van der Waals surface area contributed by atoms with E-state index in [1.165, 1.54) is 17.7 Å². The van der Waals surface area contributed by atoms with E-state index in [9.17, 15) is 14.0 Å². The molecule has 0 saturated carbocycles. The van der Waals surface area contributed by atoms with Crippen molar-refractivity contribution in [1.82, 2.24) is 5.32 Å². The van der Waals surface area contributed by atoms with E-state index in [1.807, 2.05) is 36.4 Å². The highest BCUT2D eigenvalue weighted by atomic mass is 35.5. The van der Waals surface area contributed by atoms with Crippen molar-refractivity contribution in [3.8, 4) is 0 Å². The number of nitrogens with one attached hydrogen (secondary N) is 2. The number of carbonyl (C=O) groups is 2. The molecule has 0 radical (unpaired) electrons. The average molecular weight is 438 g/mol. The molecule has 4 rings (SSSR count). The second-order valence-electron chi connectivity index (χ2n) is 7.23. The minimum absolute atomic E-state index is 0.0294. The molecule has 0 unspecified atom stereocenters. The molecule has 3 aromatic rings. The van der Waals surface area contributed by atoms with Crippen molar-refractivity contribution in [2.45, 2.75) is 12.8 Å². The number of benzene rings is 3. The van der Waals surface area contributed by atoms with Gasteiger partial charge in [0.05, 0.1) is 22.0 Å². The number of halogens is 2. The van der Waals surface area contributed by atoms with Crippen LogP contribution in [0.15, 0.2) is 66.7 Å². The molecule has 3 aromatic carbocycles. The lowest BCUT2D eigenvalue weighted by molar-refractivity contribution is -0.116. The van der Waals surface area contributed by atoms with Crippen LogP contribution >= 0.6 is 11.6 Å². The fourth-order valence-corrected chi connectivity index (χ4v) is 3.93. The van der Waals surface area contributed by atoms with E-state index in [1.54, 1.807) is 0 Å². The first kappa shape index (κ1) is 20.9. The van der Waals surface area contributed by atoms with E-state index >= 15 is 0 Å². The first-order valence-corrected chi connectivity index (χ1v) is 10.4. The molecular weight excluding hydrogens is 417 g/mol. The molecule has 31 heavy (non-hydrogen) atoms. The van der Waals surface area contributed by atoms with E-state index in [-0.39, 0.29) is 29.5 Å². The SMILES string of the molecule is O=C(CCNC(=O)c1ccc(F)cc1Cl)Nc1ccccc1N1CCc2ccccc21. The van der Waals surface area contributed by atoms with Gasteiger partial charge in [0.25, 0.3) is 5.91 Å². The van der Waals surface area contributed by atoms with Crippen molar-refractivity contribution in [1.29, 1.82) is 0 Å². The third kappa shape index (κ3) is 4.70. The quantitative estimate of drug-likeness (QED) is 0.574. The Morgan fingerprint density at radius 1 is 1.00 bits per heavy atom. The van der Waals surface area contributed by atoms with Crippen molar-refractivity contribution in [3.05, 3.63) is 88.7 Å². The molecule has 2 N–H and O–H groups in total. The van der Waals surface area contributed by atoms with E-state index in [0.29, 0.717) is 0 Å². The Morgan fingerprint density at radius 3 is 2.55 bits per heavy atom. The number of para-hydroxylation sites is 3. The monoisotopic (exact) mass is 437 g/mol. The molecule has 0 spiro atoms. The summed E-state index contributed by atoms with van der Waals surface area (Å²) in [7, 11) is 0. The topological polar surface area (TPSA) is 61.4 Å². The third-order valence-electron chi connectivity index (χ3n) is 5.17. The van der Waals surface area contributed by atoms with Crippen LogP contribution in [0.5, 0.6) is 0 Å². The highest BCUT2D eigenvalue weighted by Crippen LogP contribution is 2.38. The van der Waals surface area contributed by atoms with Gasteiger partial charge >= 0.3 is 0 Å². The summed E-state index contributed by atoms with van der Waals surface area (Å²) in [5, 5.41) is 5.61. The summed E-state index contributed by atoms with van der Waals surface area (Å²) in [5.41, 5.74) is 4.25. The number of hydrogen-bond acceptors (Lipinski definition) is 3. The molecule has 0 aliphatic carbocycles. The largest absolute Gasteiger partial charge is 0.351 e. The number of hydrogen-bond donors (Lipinski definition) is 2. The first-order chi connectivity index (χ1) is 15.0. The van der Waals surface area contributed by atoms with Gasteiger partial charge in [-0.25, -0.2) is 4.39 Å². The second kappa shape index (κ2) is 9.18. The third-order valence-corrected chi connectivity index (χ3v) is 5.48. The zero-order chi connectivity index (χ0) is 21.8. The molecule has 158 valence electrons. The molecular formula is C24H21ClFN3O2. The number of anilines is 3. The summed E-state index contributed by atoms with van der Waals surface area (Å²) < 4.78 is 13.1. The molecule has 1 aliphatic rings. The van der Waals surface area contributed by atoms with Crippen LogP contribution in [0.3, 0.4) is 0 Å². The van der Waals surface area contributed by atoms with Crippen molar-refractivity contribution in [2.24, 2.45) is 0 Å². The maximum atomic E-state index is 13.1. The summed E-state index contributed by atoms with van der Waals surface area (Å²) in [6, 6.07) is 19.5. The number of rotatable bonds is 6. The van der Waals surface area contributed by atoms with Crippen LogP contribution in [-0.4, -0.2) is 24.9 Å². The van der Waals surface area contributed by atoms with Crippen molar-refractivity contribution < 1.29 is 14.0 Å². The van der Waals surface area contributed by atoms with Crippen LogP contribution in [0.1, 0.15) is 22.3 Å². The summed E-state index contributed by atoms with van der Waals surface area (Å²) in [5.74, 6) is -1.18. The van der Waals surface area contributed by atoms with Gasteiger partial charge in [-0.1, -0.05) is 41.9 Å². The van der Waals surface area contributed by atoms with Gasteiger partial charge in [0.2, 0.25) is 5.91 Å². The zero-order valence-electron chi connectivity index (χ0n) is 16.7. The molecule has 5 nitrogen and oxygen atoms in total. The number of nitrogens with zero attached hydrogens (tertiary/aromatic N) is 1. The Morgan fingerprint density at radius 2 is 1.74 bits per heavy atom. The van der Waals surface area contributed by atoms with Gasteiger partial charge in [0.1, 0.15) is 5.82 Å². The summed E-state index contributed by atoms with van der Waals surface area (Å²) in [6.45, 7) is 0.980. The van der Waals surface area contributed by atoms with E-state index in [2.05, 4.69) is 27.7 Å². The van der Waals surface area contributed by atoms with Gasteiger partial charge in [-0.3, -0.25) is 9.59 Å². The number of fused-ring (bicyclic) bond motifs is 1. The van der Waals surface area contributed by atoms with Gasteiger partial charge in [-0.05, 0) is 48.4 Å². The van der Waals surface area contributed by atoms with Crippen molar-refractivity contribution >= 4 is 40.5 Å². The Kier molecular flexibility index (Phi) is 6.18. The minimum Gasteiger partial charge on any atom is -0.351 e. The molecule has 1 aliphatic heterocycles. The Bertz CT molecular complexity index is 1140. The summed E-state index contributed by atoms with van der Waals surface area (Å²) in [4.78, 5) is 26.9. The van der Waals surface area contributed by atoms with Crippen LogP contribution in [0.4, 0.5) is 21.5 Å². The molecule has 0 fully saturated rings. The van der Waals surface area contributed by atoms with Crippen LogP contribution in [0, 0.1) is 5.82 Å². The molecule has 0 aromatic heterocycles. The molecule has 0 saturated heterocycles. The predicted octanol–water partition coefficient (Wildman–Crippen LogP) is 4.93.